The van der Waals surface area contributed by atoms with Crippen molar-refractivity contribution in [3.63, 3.8) is 0 Å². The molecule has 2 rings (SSSR count). The van der Waals surface area contributed by atoms with Gasteiger partial charge in [-0.25, -0.2) is 4.79 Å². The molecule has 7 N–H and O–H groups in total. The van der Waals surface area contributed by atoms with E-state index in [1.807, 2.05) is 0 Å². The molecule has 2 fully saturated rings. The first-order valence-corrected chi connectivity index (χ1v) is 10.2. The Morgan fingerprint density at radius 1 is 1.26 bits per heavy atom. The molecule has 6 atom stereocenters. The Morgan fingerprint density at radius 2 is 1.96 bits per heavy atom. The average molecular weight is 422 g/mol. The Labute approximate surface area is 164 Å². The number of hydrogen-bond donors (Lipinski definition) is 6. The minimum atomic E-state index is -1.35. The monoisotopic (exact) mass is 421 g/mol. The summed E-state index contributed by atoms with van der Waals surface area (Å²) >= 11 is 2.63. The van der Waals surface area contributed by atoms with E-state index in [0.29, 0.717) is 11.5 Å². The van der Waals surface area contributed by atoms with Gasteiger partial charge in [-0.15, -0.1) is 23.5 Å². The number of carboxylic acid groups (broad SMARTS) is 2. The van der Waals surface area contributed by atoms with Crippen molar-refractivity contribution >= 4 is 47.1 Å². The first kappa shape index (κ1) is 21.8. The van der Waals surface area contributed by atoms with Crippen LogP contribution in [0.4, 0.5) is 0 Å². The molecule has 0 radical (unpaired) electrons. The van der Waals surface area contributed by atoms with E-state index in [-0.39, 0.29) is 17.1 Å². The zero-order valence-corrected chi connectivity index (χ0v) is 16.4. The number of carbonyl (C=O) groups excluding carboxylic acids is 1. The highest BCUT2D eigenvalue weighted by Gasteiger charge is 2.41. The van der Waals surface area contributed by atoms with Crippen LogP contribution in [0.15, 0.2) is 5.16 Å². The molecule has 0 aliphatic carbocycles. The van der Waals surface area contributed by atoms with E-state index in [1.54, 1.807) is 6.92 Å². The summed E-state index contributed by atoms with van der Waals surface area (Å²) < 4.78 is 0. The number of amides is 1. The number of rotatable bonds is 7. The lowest BCUT2D eigenvalue weighted by Gasteiger charge is -2.35. The average Bonchev–Trinajstić information content (AvgIpc) is 3.03. The molecule has 0 aromatic rings. The van der Waals surface area contributed by atoms with E-state index in [1.165, 1.54) is 30.6 Å². The van der Waals surface area contributed by atoms with E-state index in [2.05, 4.69) is 21.1 Å². The summed E-state index contributed by atoms with van der Waals surface area (Å²) in [5, 5.41) is 29.9. The van der Waals surface area contributed by atoms with Crippen LogP contribution in [-0.4, -0.2) is 81.4 Å². The van der Waals surface area contributed by atoms with Gasteiger partial charge in [-0.1, -0.05) is 12.1 Å². The van der Waals surface area contributed by atoms with E-state index >= 15 is 0 Å². The molecule has 27 heavy (non-hydrogen) atoms. The van der Waals surface area contributed by atoms with E-state index in [0.717, 1.165) is 0 Å². The Kier molecular flexibility index (Phi) is 7.73. The molecule has 13 heteroatoms. The Morgan fingerprint density at radius 3 is 2.48 bits per heavy atom. The summed E-state index contributed by atoms with van der Waals surface area (Å²) in [4.78, 5) is 40.4. The molecule has 2 aliphatic rings. The molecule has 0 aromatic heterocycles. The van der Waals surface area contributed by atoms with Crippen LogP contribution in [0.1, 0.15) is 6.92 Å². The SMILES string of the molecule is CO/N=C(/C(=O)N[C@@H](C(=O)O)[C@@H]1N[C@H](C(=O)O)[C@@H](C)CS1)[C@H]1CS[C@H](N)N1. The van der Waals surface area contributed by atoms with Crippen molar-refractivity contribution in [2.24, 2.45) is 16.8 Å². The lowest BCUT2D eigenvalue weighted by Crippen LogP contribution is -2.61. The zero-order valence-electron chi connectivity index (χ0n) is 14.7. The molecule has 11 nitrogen and oxygen atoms in total. The van der Waals surface area contributed by atoms with Gasteiger partial charge in [0.25, 0.3) is 5.91 Å². The minimum Gasteiger partial charge on any atom is -0.480 e. The van der Waals surface area contributed by atoms with Crippen LogP contribution in [0.5, 0.6) is 0 Å². The van der Waals surface area contributed by atoms with Gasteiger partial charge in [0.15, 0.2) is 11.8 Å². The van der Waals surface area contributed by atoms with Crippen LogP contribution in [-0.2, 0) is 19.2 Å². The first-order chi connectivity index (χ1) is 12.7. The Bertz CT molecular complexity index is 621. The number of carboxylic acids is 2. The molecule has 0 spiro atoms. The summed E-state index contributed by atoms with van der Waals surface area (Å²) in [5.41, 5.74) is 5.36. The maximum atomic E-state index is 12.6. The fraction of sp³-hybridized carbons (Fsp3) is 0.714. The van der Waals surface area contributed by atoms with Gasteiger partial charge >= 0.3 is 11.9 Å². The van der Waals surface area contributed by atoms with Crippen molar-refractivity contribution in [3.8, 4) is 0 Å². The van der Waals surface area contributed by atoms with Crippen molar-refractivity contribution < 1.29 is 29.4 Å². The molecular weight excluding hydrogens is 398 g/mol. The van der Waals surface area contributed by atoms with Crippen LogP contribution in [0.25, 0.3) is 0 Å². The topological polar surface area (TPSA) is 175 Å². The van der Waals surface area contributed by atoms with Crippen LogP contribution >= 0.6 is 23.5 Å². The second-order valence-electron chi connectivity index (χ2n) is 6.14. The lowest BCUT2D eigenvalue weighted by atomic mass is 10.0. The summed E-state index contributed by atoms with van der Waals surface area (Å²) in [5.74, 6) is -2.32. The molecule has 2 saturated heterocycles. The molecule has 2 heterocycles. The van der Waals surface area contributed by atoms with E-state index < -0.39 is 41.3 Å². The van der Waals surface area contributed by atoms with Crippen LogP contribution < -0.4 is 21.7 Å². The smallest absolute Gasteiger partial charge is 0.328 e. The number of thioether (sulfide) groups is 2. The maximum Gasteiger partial charge on any atom is 0.328 e. The number of carbonyl (C=O) groups is 3. The summed E-state index contributed by atoms with van der Waals surface area (Å²) in [6, 6.07) is -2.73. The molecule has 0 saturated carbocycles. The number of aliphatic carboxylic acids is 2. The van der Waals surface area contributed by atoms with Gasteiger partial charge in [0.2, 0.25) is 0 Å². The first-order valence-electron chi connectivity index (χ1n) is 8.13. The highest BCUT2D eigenvalue weighted by molar-refractivity contribution is 8.00. The number of nitrogens with one attached hydrogen (secondary N) is 3. The largest absolute Gasteiger partial charge is 0.480 e. The molecule has 1 amide bonds. The Hall–Kier alpha value is -1.54. The third-order valence-electron chi connectivity index (χ3n) is 4.13. The fourth-order valence-corrected chi connectivity index (χ4v) is 4.98. The standard InChI is InChI=1S/C14H23N5O6S2/c1-5-3-26-11(18-7(5)12(21)22)9(13(23)24)17-10(20)8(19-25-2)6-4-27-14(15)16-6/h5-7,9,11,14,16,18H,3-4,15H2,1-2H3,(H,17,20)(H,21,22)(H,23,24)/b19-8+/t5-,6+,7-,9+,11+,14+/m0/s1. The summed E-state index contributed by atoms with van der Waals surface area (Å²) in [6.07, 6.45) is 0. The number of nitrogens with zero attached hydrogens (tertiary/aromatic N) is 1. The molecule has 0 unspecified atom stereocenters. The highest BCUT2D eigenvalue weighted by atomic mass is 32.2. The van der Waals surface area contributed by atoms with Crippen molar-refractivity contribution in [1.29, 1.82) is 0 Å². The van der Waals surface area contributed by atoms with E-state index in [9.17, 15) is 24.6 Å². The van der Waals surface area contributed by atoms with Crippen molar-refractivity contribution in [2.75, 3.05) is 18.6 Å². The highest BCUT2D eigenvalue weighted by Crippen LogP contribution is 2.26. The van der Waals surface area contributed by atoms with Crippen LogP contribution in [0.3, 0.4) is 0 Å². The second-order valence-corrected chi connectivity index (χ2v) is 8.48. The number of nitrogens with two attached hydrogens (primary N) is 1. The van der Waals surface area contributed by atoms with Crippen molar-refractivity contribution in [1.82, 2.24) is 16.0 Å². The maximum absolute atomic E-state index is 12.6. The van der Waals surface area contributed by atoms with Gasteiger partial charge in [0, 0.05) is 5.75 Å². The van der Waals surface area contributed by atoms with Gasteiger partial charge < -0.3 is 26.1 Å². The normalized spacial score (nSPS) is 32.6. The van der Waals surface area contributed by atoms with Crippen molar-refractivity contribution in [2.45, 2.75) is 35.9 Å². The zero-order chi connectivity index (χ0) is 20.1. The third-order valence-corrected chi connectivity index (χ3v) is 6.64. The lowest BCUT2D eigenvalue weighted by molar-refractivity contribution is -0.143. The quantitative estimate of drug-likeness (QED) is 0.203. The minimum absolute atomic E-state index is 0.0202. The van der Waals surface area contributed by atoms with Gasteiger partial charge in [0.05, 0.1) is 11.4 Å². The van der Waals surface area contributed by atoms with Gasteiger partial charge in [-0.05, 0) is 11.7 Å². The Balaban J connectivity index is 2.12. The fourth-order valence-electron chi connectivity index (χ4n) is 2.74. The summed E-state index contributed by atoms with van der Waals surface area (Å²) in [6.45, 7) is 1.76. The third kappa shape index (κ3) is 5.48. The second kappa shape index (κ2) is 9.59. The predicted molar refractivity (Wildman–Crippen MR) is 101 cm³/mol. The molecule has 0 aromatic carbocycles. The molecule has 0 bridgehead atoms. The van der Waals surface area contributed by atoms with Gasteiger partial charge in [-0.2, -0.15) is 0 Å². The van der Waals surface area contributed by atoms with Gasteiger partial charge in [0.1, 0.15) is 18.6 Å². The number of hydrogen-bond acceptors (Lipinski definition) is 10. The van der Waals surface area contributed by atoms with Gasteiger partial charge in [-0.3, -0.25) is 20.2 Å². The van der Waals surface area contributed by atoms with E-state index in [4.69, 9.17) is 10.6 Å². The molecule has 152 valence electrons. The van der Waals surface area contributed by atoms with Crippen LogP contribution in [0, 0.1) is 5.92 Å². The summed E-state index contributed by atoms with van der Waals surface area (Å²) in [7, 11) is 1.28. The predicted octanol–water partition coefficient (Wildman–Crippen LogP) is -1.74. The molecule has 2 aliphatic heterocycles. The number of oxime groups is 1. The van der Waals surface area contributed by atoms with Crippen molar-refractivity contribution in [3.05, 3.63) is 0 Å². The van der Waals surface area contributed by atoms with Crippen LogP contribution in [0.2, 0.25) is 0 Å². The molecular formula is C14H23N5O6S2.